The molecule has 0 spiro atoms. The molecule has 6 rings (SSSR count). The van der Waals surface area contributed by atoms with Crippen molar-refractivity contribution >= 4 is 16.8 Å². The highest BCUT2D eigenvalue weighted by Gasteiger charge is 2.14. The van der Waals surface area contributed by atoms with E-state index in [9.17, 15) is 4.79 Å². The highest BCUT2D eigenvalue weighted by Crippen LogP contribution is 2.24. The van der Waals surface area contributed by atoms with Crippen LogP contribution in [0.1, 0.15) is 17.0 Å². The Morgan fingerprint density at radius 2 is 1.86 bits per heavy atom. The van der Waals surface area contributed by atoms with Crippen molar-refractivity contribution in [1.82, 2.24) is 39.3 Å². The molecule has 9 nitrogen and oxygen atoms in total. The van der Waals surface area contributed by atoms with Gasteiger partial charge in [0.05, 0.1) is 16.9 Å². The van der Waals surface area contributed by atoms with E-state index in [0.717, 1.165) is 56.4 Å². The number of hydrogen-bond donors (Lipinski definition) is 1. The van der Waals surface area contributed by atoms with Gasteiger partial charge in [0.25, 0.3) is 0 Å². The van der Waals surface area contributed by atoms with Gasteiger partial charge in [0, 0.05) is 61.5 Å². The second kappa shape index (κ2) is 9.27. The van der Waals surface area contributed by atoms with Gasteiger partial charge >= 0.3 is 0 Å². The molecule has 0 bridgehead atoms. The average Bonchev–Trinajstić information content (AvgIpc) is 3.63. The SMILES string of the molecule is Cc1cn(-c2nccc3[nH]c(-c4ccc(CC(=O)Cc5cc(-c6cccnc6)nn5C)cc4)nc23)cn1. The number of fused-ring (bicyclic) bond motifs is 1. The number of nitrogens with one attached hydrogen (secondary N) is 1. The van der Waals surface area contributed by atoms with Crippen molar-refractivity contribution in [3.63, 3.8) is 0 Å². The van der Waals surface area contributed by atoms with Crippen LogP contribution in [0.3, 0.4) is 0 Å². The lowest BCUT2D eigenvalue weighted by Gasteiger charge is -2.04. The summed E-state index contributed by atoms with van der Waals surface area (Å²) in [4.78, 5) is 34.0. The third-order valence-corrected chi connectivity index (χ3v) is 6.28. The van der Waals surface area contributed by atoms with Gasteiger partial charge in [-0.15, -0.1) is 0 Å². The van der Waals surface area contributed by atoms with Crippen LogP contribution >= 0.6 is 0 Å². The van der Waals surface area contributed by atoms with Crippen molar-refractivity contribution in [3.05, 3.63) is 96.6 Å². The van der Waals surface area contributed by atoms with Crippen molar-refractivity contribution in [2.45, 2.75) is 19.8 Å². The molecule has 9 heteroatoms. The Kier molecular flexibility index (Phi) is 5.65. The first kappa shape index (κ1) is 22.5. The quantitative estimate of drug-likeness (QED) is 0.360. The van der Waals surface area contributed by atoms with Crippen molar-refractivity contribution in [2.24, 2.45) is 7.05 Å². The standard InChI is InChI=1S/C28H24N8O/c1-18-16-36(17-31-18)28-26-24(9-11-30-28)32-27(33-26)20-7-5-19(6-8-20)12-23(37)13-22-14-25(34-35(22)2)21-4-3-10-29-15-21/h3-11,14-17H,12-13H2,1-2H3,(H,32,33). The number of carbonyl (C=O) groups excluding carboxylic acids is 1. The van der Waals surface area contributed by atoms with Crippen molar-refractivity contribution in [3.8, 4) is 28.5 Å². The minimum absolute atomic E-state index is 0.128. The number of hydrogen-bond acceptors (Lipinski definition) is 6. The molecule has 0 fully saturated rings. The van der Waals surface area contributed by atoms with Crippen LogP contribution in [0.2, 0.25) is 0 Å². The monoisotopic (exact) mass is 488 g/mol. The van der Waals surface area contributed by atoms with Crippen molar-refractivity contribution < 1.29 is 4.79 Å². The maximum Gasteiger partial charge on any atom is 0.166 e. The highest BCUT2D eigenvalue weighted by atomic mass is 16.1. The molecule has 1 N–H and O–H groups in total. The number of aromatic amines is 1. The Balaban J connectivity index is 1.17. The number of benzene rings is 1. The van der Waals surface area contributed by atoms with E-state index in [1.807, 2.05) is 73.3 Å². The molecule has 5 aromatic heterocycles. The molecule has 37 heavy (non-hydrogen) atoms. The molecule has 0 unspecified atom stereocenters. The van der Waals surface area contributed by atoms with Gasteiger partial charge in [-0.2, -0.15) is 5.10 Å². The lowest BCUT2D eigenvalue weighted by Crippen LogP contribution is -2.10. The summed E-state index contributed by atoms with van der Waals surface area (Å²) in [5.41, 5.74) is 7.10. The first-order chi connectivity index (χ1) is 18.0. The fourth-order valence-corrected chi connectivity index (χ4v) is 4.38. The van der Waals surface area contributed by atoms with Gasteiger partial charge < -0.3 is 4.98 Å². The summed E-state index contributed by atoms with van der Waals surface area (Å²) in [6.45, 7) is 1.94. The normalized spacial score (nSPS) is 11.3. The number of pyridine rings is 2. The molecule has 182 valence electrons. The number of rotatable bonds is 7. The molecule has 0 aliphatic carbocycles. The molecule has 0 aliphatic rings. The molecular weight excluding hydrogens is 464 g/mol. The largest absolute Gasteiger partial charge is 0.338 e. The van der Waals surface area contributed by atoms with E-state index in [0.29, 0.717) is 12.8 Å². The van der Waals surface area contributed by atoms with Gasteiger partial charge in [0.2, 0.25) is 0 Å². The zero-order valence-corrected chi connectivity index (χ0v) is 20.5. The topological polar surface area (TPSA) is 107 Å². The fourth-order valence-electron chi connectivity index (χ4n) is 4.38. The number of H-pyrrole nitrogens is 1. The lowest BCUT2D eigenvalue weighted by molar-refractivity contribution is -0.117. The molecule has 0 amide bonds. The van der Waals surface area contributed by atoms with Crippen LogP contribution < -0.4 is 0 Å². The van der Waals surface area contributed by atoms with Gasteiger partial charge in [0.1, 0.15) is 23.5 Å². The summed E-state index contributed by atoms with van der Waals surface area (Å²) < 4.78 is 3.64. The summed E-state index contributed by atoms with van der Waals surface area (Å²) in [6, 6.07) is 15.6. The van der Waals surface area contributed by atoms with Crippen LogP contribution in [0.5, 0.6) is 0 Å². The molecule has 0 radical (unpaired) electrons. The first-order valence-corrected chi connectivity index (χ1v) is 11.9. The molecular formula is C28H24N8O. The second-order valence-corrected chi connectivity index (χ2v) is 9.01. The number of ketones is 1. The molecule has 5 heterocycles. The van der Waals surface area contributed by atoms with E-state index < -0.39 is 0 Å². The Morgan fingerprint density at radius 3 is 2.62 bits per heavy atom. The summed E-state index contributed by atoms with van der Waals surface area (Å²) in [5.74, 6) is 1.60. The maximum absolute atomic E-state index is 12.8. The van der Waals surface area contributed by atoms with Crippen LogP contribution in [0, 0.1) is 6.92 Å². The van der Waals surface area contributed by atoms with Crippen LogP contribution in [-0.2, 0) is 24.7 Å². The second-order valence-electron chi connectivity index (χ2n) is 9.01. The predicted octanol–water partition coefficient (Wildman–Crippen LogP) is 4.27. The number of aromatic nitrogens is 8. The lowest BCUT2D eigenvalue weighted by atomic mass is 10.0. The number of Topliss-reactive ketones (excluding diaryl/α,β-unsaturated/α-hetero) is 1. The average molecular weight is 489 g/mol. The number of aryl methyl sites for hydroxylation is 2. The van der Waals surface area contributed by atoms with Crippen molar-refractivity contribution in [2.75, 3.05) is 0 Å². The van der Waals surface area contributed by atoms with Gasteiger partial charge in [-0.25, -0.2) is 15.0 Å². The van der Waals surface area contributed by atoms with E-state index in [2.05, 4.69) is 25.0 Å². The minimum Gasteiger partial charge on any atom is -0.338 e. The summed E-state index contributed by atoms with van der Waals surface area (Å²) in [6.07, 6.45) is 9.59. The number of imidazole rings is 2. The zero-order chi connectivity index (χ0) is 25.4. The van der Waals surface area contributed by atoms with Crippen LogP contribution in [0.25, 0.3) is 39.5 Å². The first-order valence-electron chi connectivity index (χ1n) is 11.9. The molecule has 0 aliphatic heterocycles. The Morgan fingerprint density at radius 1 is 1.00 bits per heavy atom. The third kappa shape index (κ3) is 4.54. The van der Waals surface area contributed by atoms with Gasteiger partial charge in [-0.3, -0.25) is 19.0 Å². The molecule has 6 aromatic rings. The molecule has 0 atom stereocenters. The predicted molar refractivity (Wildman–Crippen MR) is 140 cm³/mol. The van der Waals surface area contributed by atoms with E-state index in [-0.39, 0.29) is 5.78 Å². The van der Waals surface area contributed by atoms with Crippen molar-refractivity contribution in [1.29, 1.82) is 0 Å². The smallest absolute Gasteiger partial charge is 0.166 e. The van der Waals surface area contributed by atoms with E-state index in [4.69, 9.17) is 4.98 Å². The third-order valence-electron chi connectivity index (χ3n) is 6.28. The number of nitrogens with zero attached hydrogens (tertiary/aromatic N) is 7. The van der Waals surface area contributed by atoms with Crippen LogP contribution in [0.4, 0.5) is 0 Å². The van der Waals surface area contributed by atoms with Gasteiger partial charge in [-0.05, 0) is 36.8 Å². The van der Waals surface area contributed by atoms with E-state index in [1.54, 1.807) is 29.6 Å². The van der Waals surface area contributed by atoms with Gasteiger partial charge in [0.15, 0.2) is 5.82 Å². The summed E-state index contributed by atoms with van der Waals surface area (Å²) in [7, 11) is 1.86. The van der Waals surface area contributed by atoms with E-state index in [1.165, 1.54) is 0 Å². The Hall–Kier alpha value is -4.92. The van der Waals surface area contributed by atoms with Gasteiger partial charge in [-0.1, -0.05) is 24.3 Å². The zero-order valence-electron chi connectivity index (χ0n) is 20.5. The maximum atomic E-state index is 12.8. The van der Waals surface area contributed by atoms with Crippen LogP contribution in [-0.4, -0.2) is 45.1 Å². The summed E-state index contributed by atoms with van der Waals surface area (Å²) >= 11 is 0. The number of carbonyl (C=O) groups is 1. The Bertz CT molecular complexity index is 1710. The Labute approximate surface area is 212 Å². The minimum atomic E-state index is 0.128. The highest BCUT2D eigenvalue weighted by molar-refractivity contribution is 5.85. The molecule has 1 aromatic carbocycles. The summed E-state index contributed by atoms with van der Waals surface area (Å²) in [5, 5.41) is 4.54. The fraction of sp³-hybridized carbons (Fsp3) is 0.143. The van der Waals surface area contributed by atoms with E-state index >= 15 is 0 Å². The molecule has 0 saturated carbocycles. The molecule has 0 saturated heterocycles. The van der Waals surface area contributed by atoms with Crippen LogP contribution in [0.15, 0.2) is 79.6 Å².